The third-order valence-corrected chi connectivity index (χ3v) is 10.8. The van der Waals surface area contributed by atoms with Crippen LogP contribution in [0.3, 0.4) is 0 Å². The second-order valence-corrected chi connectivity index (χ2v) is 15.0. The number of rotatable bonds is 13. The van der Waals surface area contributed by atoms with E-state index in [0.717, 1.165) is 34.5 Å². The number of hydrogen-bond acceptors (Lipinski definition) is 5. The maximum atomic E-state index is 6.81. The minimum absolute atomic E-state index is 0.0188. The summed E-state index contributed by atoms with van der Waals surface area (Å²) in [6.07, 6.45) is 7.01. The van der Waals surface area contributed by atoms with Gasteiger partial charge in [0.25, 0.3) is 0 Å². The molecule has 0 spiro atoms. The third kappa shape index (κ3) is 10.2. The Kier molecular flexibility index (Phi) is 12.2. The van der Waals surface area contributed by atoms with Crippen LogP contribution in [0.2, 0.25) is 0 Å². The molecule has 228 valence electrons. The fourth-order valence-electron chi connectivity index (χ4n) is 5.20. The van der Waals surface area contributed by atoms with Crippen LogP contribution in [0.5, 0.6) is 5.75 Å². The normalized spacial score (nSPS) is 17.6. The van der Waals surface area contributed by atoms with Gasteiger partial charge in [0.1, 0.15) is 5.75 Å². The van der Waals surface area contributed by atoms with E-state index in [-0.39, 0.29) is 24.4 Å². The van der Waals surface area contributed by atoms with E-state index in [9.17, 15) is 0 Å². The van der Waals surface area contributed by atoms with E-state index in [4.69, 9.17) is 23.1 Å². The monoisotopic (exact) mass is 598 g/mol. The van der Waals surface area contributed by atoms with E-state index in [1.807, 2.05) is 60.7 Å². The van der Waals surface area contributed by atoms with Crippen molar-refractivity contribution in [1.29, 1.82) is 0 Å². The first-order valence-electron chi connectivity index (χ1n) is 15.2. The standard InChI is InChI=1S/C37H46O5Si/c1-30(28-39-29-31-22-24-32(38-5)25-23-31)27-34-17-14-16-33(41-34)15-12-13-26-40-43(42-37(2,3)4,35-18-8-6-9-19-35)36-20-10-7-11-21-36/h6-11,14,16,18-25,30,33-34H,15,17,26-29H2,1-5H3/t30-,33-,34+/m1/s1. The average molecular weight is 599 g/mol. The van der Waals surface area contributed by atoms with Gasteiger partial charge >= 0.3 is 8.56 Å². The van der Waals surface area contributed by atoms with E-state index >= 15 is 0 Å². The lowest BCUT2D eigenvalue weighted by molar-refractivity contribution is -0.0139. The van der Waals surface area contributed by atoms with Crippen LogP contribution in [0, 0.1) is 17.8 Å². The summed E-state index contributed by atoms with van der Waals surface area (Å²) in [5, 5.41) is 2.14. The summed E-state index contributed by atoms with van der Waals surface area (Å²) < 4.78 is 31.1. The van der Waals surface area contributed by atoms with Crippen molar-refractivity contribution in [1.82, 2.24) is 0 Å². The van der Waals surface area contributed by atoms with Gasteiger partial charge in [0.15, 0.2) is 0 Å². The molecular weight excluding hydrogens is 552 g/mol. The van der Waals surface area contributed by atoms with Gasteiger partial charge in [-0.3, -0.25) is 0 Å². The van der Waals surface area contributed by atoms with E-state index in [0.29, 0.717) is 25.6 Å². The molecule has 1 aliphatic rings. The second-order valence-electron chi connectivity index (χ2n) is 12.1. The zero-order valence-corrected chi connectivity index (χ0v) is 27.3. The molecule has 3 atom stereocenters. The van der Waals surface area contributed by atoms with Gasteiger partial charge in [0.05, 0.1) is 38.1 Å². The molecule has 4 rings (SSSR count). The van der Waals surface area contributed by atoms with Crippen molar-refractivity contribution < 1.29 is 23.1 Å². The van der Waals surface area contributed by atoms with Crippen LogP contribution in [0.15, 0.2) is 97.1 Å². The molecular formula is C37H46O5Si. The zero-order chi connectivity index (χ0) is 30.5. The average Bonchev–Trinajstić information content (AvgIpc) is 3.01. The number of hydrogen-bond donors (Lipinski definition) is 0. The Labute approximate surface area is 259 Å². The maximum absolute atomic E-state index is 6.81. The molecule has 0 unspecified atom stereocenters. The summed E-state index contributed by atoms with van der Waals surface area (Å²) in [6, 6.07) is 28.6. The summed E-state index contributed by atoms with van der Waals surface area (Å²) in [7, 11) is -1.33. The van der Waals surface area contributed by atoms with E-state index in [2.05, 4.69) is 76.0 Å². The molecule has 0 bridgehead atoms. The summed E-state index contributed by atoms with van der Waals surface area (Å²) in [5.74, 6) is 7.82. The molecule has 43 heavy (non-hydrogen) atoms. The summed E-state index contributed by atoms with van der Waals surface area (Å²) in [4.78, 5) is 0. The molecule has 0 saturated carbocycles. The first kappa shape index (κ1) is 32.7. The molecule has 3 aromatic rings. The number of methoxy groups -OCH3 is 1. The van der Waals surface area contributed by atoms with Crippen molar-refractivity contribution in [2.24, 2.45) is 5.92 Å². The molecule has 0 radical (unpaired) electrons. The zero-order valence-electron chi connectivity index (χ0n) is 26.3. The van der Waals surface area contributed by atoms with Crippen LogP contribution in [-0.2, 0) is 24.9 Å². The highest BCUT2D eigenvalue weighted by molar-refractivity contribution is 6.92. The minimum Gasteiger partial charge on any atom is -0.497 e. The predicted molar refractivity (Wildman–Crippen MR) is 176 cm³/mol. The first-order chi connectivity index (χ1) is 20.8. The lowest BCUT2D eigenvalue weighted by atomic mass is 9.99. The van der Waals surface area contributed by atoms with Gasteiger partial charge in [0, 0.05) is 13.0 Å². The van der Waals surface area contributed by atoms with Gasteiger partial charge in [-0.05, 0) is 67.6 Å². The van der Waals surface area contributed by atoms with Crippen LogP contribution >= 0.6 is 0 Å². The number of benzene rings is 3. The van der Waals surface area contributed by atoms with Crippen LogP contribution in [0.4, 0.5) is 0 Å². The topological polar surface area (TPSA) is 46.2 Å². The molecule has 0 amide bonds. The Bertz CT molecular complexity index is 1280. The molecule has 0 saturated heterocycles. The van der Waals surface area contributed by atoms with Crippen molar-refractivity contribution in [3.05, 3.63) is 103 Å². The first-order valence-corrected chi connectivity index (χ1v) is 17.0. The molecule has 1 heterocycles. The van der Waals surface area contributed by atoms with E-state index in [1.165, 1.54) is 0 Å². The predicted octanol–water partition coefficient (Wildman–Crippen LogP) is 6.43. The van der Waals surface area contributed by atoms with Gasteiger partial charge in [-0.2, -0.15) is 0 Å². The lowest BCUT2D eigenvalue weighted by Gasteiger charge is -2.37. The van der Waals surface area contributed by atoms with Crippen molar-refractivity contribution >= 4 is 18.9 Å². The molecule has 0 N–H and O–H groups in total. The smallest absolute Gasteiger partial charge is 0.408 e. The molecule has 6 heteroatoms. The quantitative estimate of drug-likeness (QED) is 0.129. The molecule has 3 aromatic carbocycles. The van der Waals surface area contributed by atoms with Crippen LogP contribution in [0.1, 0.15) is 52.5 Å². The summed E-state index contributed by atoms with van der Waals surface area (Å²) in [6.45, 7) is 10.0. The maximum Gasteiger partial charge on any atom is 0.408 e. The Morgan fingerprint density at radius 2 is 1.56 bits per heavy atom. The van der Waals surface area contributed by atoms with Gasteiger partial charge < -0.3 is 23.1 Å². The summed E-state index contributed by atoms with van der Waals surface area (Å²) in [5.41, 5.74) is 0.753. The Hall–Kier alpha value is -3.18. The molecule has 0 aromatic heterocycles. The van der Waals surface area contributed by atoms with Gasteiger partial charge in [0.2, 0.25) is 0 Å². The Morgan fingerprint density at radius 3 is 2.16 bits per heavy atom. The highest BCUT2D eigenvalue weighted by atomic mass is 28.4. The fourth-order valence-corrected chi connectivity index (χ4v) is 8.56. The highest BCUT2D eigenvalue weighted by Gasteiger charge is 2.45. The van der Waals surface area contributed by atoms with Crippen LogP contribution in [-0.4, -0.2) is 46.7 Å². The van der Waals surface area contributed by atoms with Crippen molar-refractivity contribution in [2.75, 3.05) is 20.3 Å². The van der Waals surface area contributed by atoms with Crippen LogP contribution < -0.4 is 15.1 Å². The summed E-state index contributed by atoms with van der Waals surface area (Å²) >= 11 is 0. The second kappa shape index (κ2) is 16.0. The lowest BCUT2D eigenvalue weighted by Crippen LogP contribution is -2.65. The number of ether oxygens (including phenoxy) is 3. The Balaban J connectivity index is 1.29. The van der Waals surface area contributed by atoms with Crippen LogP contribution in [0.25, 0.3) is 0 Å². The third-order valence-electron chi connectivity index (χ3n) is 7.15. The van der Waals surface area contributed by atoms with E-state index in [1.54, 1.807) is 7.11 Å². The highest BCUT2D eigenvalue weighted by Crippen LogP contribution is 2.22. The van der Waals surface area contributed by atoms with Crippen molar-refractivity contribution in [2.45, 2.75) is 71.4 Å². The van der Waals surface area contributed by atoms with E-state index < -0.39 is 8.56 Å². The van der Waals surface area contributed by atoms with Gasteiger partial charge in [-0.15, -0.1) is 0 Å². The minimum atomic E-state index is -3.00. The van der Waals surface area contributed by atoms with Gasteiger partial charge in [-0.25, -0.2) is 0 Å². The van der Waals surface area contributed by atoms with Gasteiger partial charge in [-0.1, -0.05) is 104 Å². The fraction of sp³-hybridized carbons (Fsp3) is 0.405. The molecule has 1 aliphatic heterocycles. The van der Waals surface area contributed by atoms with Crippen molar-refractivity contribution in [3.8, 4) is 17.6 Å². The van der Waals surface area contributed by atoms with Crippen molar-refractivity contribution in [3.63, 3.8) is 0 Å². The molecule has 0 fully saturated rings. The largest absolute Gasteiger partial charge is 0.497 e. The molecule has 5 nitrogen and oxygen atoms in total. The molecule has 0 aliphatic carbocycles. The Morgan fingerprint density at radius 1 is 0.907 bits per heavy atom. The SMILES string of the molecule is COc1ccc(COC[C@H](C)C[C@@H]2CC=C[C@@H](CC#CCO[Si](OC(C)(C)C)(c3ccccc3)c3ccccc3)O2)cc1.